The molecule has 21 heavy (non-hydrogen) atoms. The maximum Gasteiger partial charge on any atom is 0.348 e. The van der Waals surface area contributed by atoms with Gasteiger partial charge in [0.05, 0.1) is 19.3 Å². The van der Waals surface area contributed by atoms with Gasteiger partial charge in [0, 0.05) is 7.05 Å². The standard InChI is InChI=1S/C13H17N3O4S/c1-14(12(10-17)11-6-4-3-5-7-11)15-8-9-16(13(15)18)21(2,19)20/h3-7,10,12H,8-9H2,1-2H3. The normalized spacial score (nSPS) is 17.4. The second-order valence-electron chi connectivity index (χ2n) is 4.81. The summed E-state index contributed by atoms with van der Waals surface area (Å²) in [5, 5.41) is 2.74. The van der Waals surface area contributed by atoms with E-state index in [9.17, 15) is 18.0 Å². The van der Waals surface area contributed by atoms with Gasteiger partial charge in [0.25, 0.3) is 0 Å². The highest BCUT2D eigenvalue weighted by molar-refractivity contribution is 7.88. The molecule has 1 aliphatic heterocycles. The van der Waals surface area contributed by atoms with E-state index in [1.807, 2.05) is 6.07 Å². The second kappa shape index (κ2) is 5.82. The molecule has 1 aliphatic rings. The van der Waals surface area contributed by atoms with Crippen molar-refractivity contribution in [2.45, 2.75) is 6.04 Å². The van der Waals surface area contributed by atoms with Crippen molar-refractivity contribution >= 4 is 22.3 Å². The number of amides is 2. The maximum atomic E-state index is 12.2. The average molecular weight is 311 g/mol. The molecule has 1 aromatic carbocycles. The van der Waals surface area contributed by atoms with Crippen LogP contribution in [0.15, 0.2) is 30.3 Å². The summed E-state index contributed by atoms with van der Waals surface area (Å²) in [6, 6.07) is 7.72. The van der Waals surface area contributed by atoms with Crippen LogP contribution >= 0.6 is 0 Å². The van der Waals surface area contributed by atoms with E-state index in [2.05, 4.69) is 0 Å². The third kappa shape index (κ3) is 3.06. The highest BCUT2D eigenvalue weighted by Gasteiger charge is 2.38. The van der Waals surface area contributed by atoms with Crippen molar-refractivity contribution in [3.8, 4) is 0 Å². The highest BCUT2D eigenvalue weighted by atomic mass is 32.2. The van der Waals surface area contributed by atoms with E-state index in [0.717, 1.165) is 22.4 Å². The number of nitrogens with zero attached hydrogens (tertiary/aromatic N) is 3. The molecule has 2 rings (SSSR count). The molecule has 0 spiro atoms. The van der Waals surface area contributed by atoms with Crippen LogP contribution < -0.4 is 0 Å². The number of benzene rings is 1. The van der Waals surface area contributed by atoms with E-state index < -0.39 is 22.1 Å². The van der Waals surface area contributed by atoms with E-state index in [-0.39, 0.29) is 13.1 Å². The fourth-order valence-electron chi connectivity index (χ4n) is 2.29. The third-order valence-corrected chi connectivity index (χ3v) is 4.54. The highest BCUT2D eigenvalue weighted by Crippen LogP contribution is 2.22. The quantitative estimate of drug-likeness (QED) is 0.739. The summed E-state index contributed by atoms with van der Waals surface area (Å²) in [7, 11) is -2.00. The molecule has 0 saturated carbocycles. The Balaban J connectivity index is 2.22. The molecule has 0 bridgehead atoms. The minimum absolute atomic E-state index is 0.0857. The number of urea groups is 1. The number of rotatable bonds is 5. The molecule has 1 aromatic rings. The fourth-order valence-corrected chi connectivity index (χ4v) is 3.08. The molecule has 2 amide bonds. The monoisotopic (exact) mass is 311 g/mol. The first kappa shape index (κ1) is 15.5. The van der Waals surface area contributed by atoms with Gasteiger partial charge in [-0.1, -0.05) is 30.3 Å². The predicted molar refractivity (Wildman–Crippen MR) is 76.7 cm³/mol. The number of hydrogen-bond donors (Lipinski definition) is 0. The van der Waals surface area contributed by atoms with Crippen LogP contribution in [0.25, 0.3) is 0 Å². The summed E-state index contributed by atoms with van der Waals surface area (Å²) in [6.45, 7) is 0.307. The lowest BCUT2D eigenvalue weighted by molar-refractivity contribution is -0.116. The van der Waals surface area contributed by atoms with Gasteiger partial charge in [-0.05, 0) is 5.56 Å². The zero-order valence-electron chi connectivity index (χ0n) is 11.8. The average Bonchev–Trinajstić information content (AvgIpc) is 2.82. The summed E-state index contributed by atoms with van der Waals surface area (Å²) in [5.41, 5.74) is 0.737. The molecular weight excluding hydrogens is 294 g/mol. The number of aldehydes is 1. The minimum Gasteiger partial charge on any atom is -0.301 e. The molecule has 1 atom stereocenters. The van der Waals surface area contributed by atoms with Crippen molar-refractivity contribution in [3.63, 3.8) is 0 Å². The van der Waals surface area contributed by atoms with Crippen LogP contribution in [0.1, 0.15) is 11.6 Å². The number of carbonyl (C=O) groups excluding carboxylic acids is 2. The number of likely N-dealkylation sites (N-methyl/N-ethyl adjacent to an activating group) is 1. The van der Waals surface area contributed by atoms with E-state index >= 15 is 0 Å². The molecule has 0 N–H and O–H groups in total. The molecule has 1 unspecified atom stereocenters. The summed E-state index contributed by atoms with van der Waals surface area (Å²) < 4.78 is 23.8. The lowest BCUT2D eigenvalue weighted by Gasteiger charge is -2.32. The summed E-state index contributed by atoms with van der Waals surface area (Å²) in [6.07, 6.45) is 1.72. The summed E-state index contributed by atoms with van der Waals surface area (Å²) >= 11 is 0. The van der Waals surface area contributed by atoms with E-state index in [0.29, 0.717) is 0 Å². The fraction of sp³-hybridized carbons (Fsp3) is 0.385. The Labute approximate surface area is 123 Å². The van der Waals surface area contributed by atoms with Crippen molar-refractivity contribution < 1.29 is 18.0 Å². The predicted octanol–water partition coefficient (Wildman–Crippen LogP) is 0.471. The lowest BCUT2D eigenvalue weighted by Crippen LogP contribution is -2.46. The number of hydrogen-bond acceptors (Lipinski definition) is 5. The first-order chi connectivity index (χ1) is 9.86. The Morgan fingerprint density at radius 1 is 1.24 bits per heavy atom. The number of carbonyl (C=O) groups is 2. The first-order valence-corrected chi connectivity index (χ1v) is 8.23. The molecule has 0 aliphatic carbocycles. The molecule has 8 heteroatoms. The number of sulfonamides is 1. The second-order valence-corrected chi connectivity index (χ2v) is 6.71. The van der Waals surface area contributed by atoms with Crippen LogP contribution in [0.5, 0.6) is 0 Å². The first-order valence-electron chi connectivity index (χ1n) is 6.38. The van der Waals surface area contributed by atoms with E-state index in [1.54, 1.807) is 31.3 Å². The SMILES string of the molecule is CN(C(C=O)c1ccccc1)N1CCN(S(C)(=O)=O)C1=O. The van der Waals surface area contributed by atoms with Gasteiger partial charge in [0.1, 0.15) is 12.3 Å². The third-order valence-electron chi connectivity index (χ3n) is 3.40. The Morgan fingerprint density at radius 2 is 1.86 bits per heavy atom. The van der Waals surface area contributed by atoms with Gasteiger partial charge in [-0.25, -0.2) is 22.5 Å². The van der Waals surface area contributed by atoms with Gasteiger partial charge in [-0.3, -0.25) is 5.01 Å². The lowest BCUT2D eigenvalue weighted by atomic mass is 10.1. The van der Waals surface area contributed by atoms with Gasteiger partial charge < -0.3 is 4.79 Å². The van der Waals surface area contributed by atoms with Crippen molar-refractivity contribution in [2.75, 3.05) is 26.4 Å². The van der Waals surface area contributed by atoms with E-state index in [4.69, 9.17) is 0 Å². The van der Waals surface area contributed by atoms with Crippen LogP contribution in [0.2, 0.25) is 0 Å². The Bertz CT molecular complexity index is 632. The topological polar surface area (TPSA) is 78.0 Å². The van der Waals surface area contributed by atoms with Crippen molar-refractivity contribution in [1.29, 1.82) is 0 Å². The maximum absolute atomic E-state index is 12.2. The Hall–Kier alpha value is -1.93. The minimum atomic E-state index is -3.59. The largest absolute Gasteiger partial charge is 0.348 e. The summed E-state index contributed by atoms with van der Waals surface area (Å²) in [4.78, 5) is 23.5. The van der Waals surface area contributed by atoms with Crippen LogP contribution in [0.3, 0.4) is 0 Å². The van der Waals surface area contributed by atoms with Crippen LogP contribution in [-0.4, -0.2) is 61.5 Å². The van der Waals surface area contributed by atoms with Crippen molar-refractivity contribution in [2.24, 2.45) is 0 Å². The molecule has 114 valence electrons. The Morgan fingerprint density at radius 3 is 2.33 bits per heavy atom. The van der Waals surface area contributed by atoms with E-state index in [1.165, 1.54) is 10.0 Å². The smallest absolute Gasteiger partial charge is 0.301 e. The van der Waals surface area contributed by atoms with Gasteiger partial charge in [-0.2, -0.15) is 0 Å². The number of hydrazine groups is 1. The molecule has 1 fully saturated rings. The van der Waals surface area contributed by atoms with Crippen molar-refractivity contribution in [1.82, 2.24) is 14.3 Å². The Kier molecular flexibility index (Phi) is 4.29. The van der Waals surface area contributed by atoms with Crippen LogP contribution in [-0.2, 0) is 14.8 Å². The summed E-state index contributed by atoms with van der Waals surface area (Å²) in [5.74, 6) is 0. The molecule has 7 nitrogen and oxygen atoms in total. The van der Waals surface area contributed by atoms with Gasteiger partial charge in [-0.15, -0.1) is 0 Å². The zero-order chi connectivity index (χ0) is 15.6. The van der Waals surface area contributed by atoms with Crippen molar-refractivity contribution in [3.05, 3.63) is 35.9 Å². The van der Waals surface area contributed by atoms with Crippen LogP contribution in [0, 0.1) is 0 Å². The molecule has 1 heterocycles. The molecule has 0 radical (unpaired) electrons. The van der Waals surface area contributed by atoms with Gasteiger partial charge >= 0.3 is 6.03 Å². The van der Waals surface area contributed by atoms with Crippen LogP contribution in [0.4, 0.5) is 4.79 Å². The van der Waals surface area contributed by atoms with Gasteiger partial charge in [0.2, 0.25) is 10.0 Å². The zero-order valence-corrected chi connectivity index (χ0v) is 12.7. The molecule has 1 saturated heterocycles. The van der Waals surface area contributed by atoms with Gasteiger partial charge in [0.15, 0.2) is 0 Å². The molecular formula is C13H17N3O4S. The molecule has 0 aromatic heterocycles.